The van der Waals surface area contributed by atoms with Crippen LogP contribution in [0, 0.1) is 6.92 Å². The van der Waals surface area contributed by atoms with Crippen molar-refractivity contribution in [3.63, 3.8) is 0 Å². The monoisotopic (exact) mass is 417 g/mol. The Labute approximate surface area is 174 Å². The van der Waals surface area contributed by atoms with Crippen LogP contribution >= 0.6 is 0 Å². The van der Waals surface area contributed by atoms with Gasteiger partial charge in [-0.15, -0.1) is 4.83 Å². The van der Waals surface area contributed by atoms with Crippen molar-refractivity contribution in [2.24, 2.45) is 0 Å². The van der Waals surface area contributed by atoms with E-state index in [1.807, 2.05) is 39.0 Å². The molecule has 0 aliphatic rings. The molecule has 0 saturated carbocycles. The second-order valence-corrected chi connectivity index (χ2v) is 9.66. The minimum atomic E-state index is -3.90. The quantitative estimate of drug-likeness (QED) is 0.673. The molecule has 2 aromatic rings. The van der Waals surface area contributed by atoms with Crippen LogP contribution in [0.3, 0.4) is 0 Å². The number of amides is 1. The van der Waals surface area contributed by atoms with Crippen molar-refractivity contribution in [2.45, 2.75) is 51.9 Å². The van der Waals surface area contributed by atoms with Gasteiger partial charge in [-0.25, -0.2) is 8.42 Å². The van der Waals surface area contributed by atoms with Gasteiger partial charge in [-0.05, 0) is 67.6 Å². The van der Waals surface area contributed by atoms with E-state index in [-0.39, 0.29) is 10.3 Å². The topological polar surface area (TPSA) is 78.5 Å². The minimum absolute atomic E-state index is 0.155. The third kappa shape index (κ3) is 5.58. The molecule has 2 N–H and O–H groups in total. The molecule has 0 heterocycles. The molecule has 2 aromatic carbocycles. The summed E-state index contributed by atoms with van der Waals surface area (Å²) in [7, 11) is -3.90. The van der Waals surface area contributed by atoms with E-state index in [2.05, 4.69) is 29.0 Å². The number of rotatable bonds is 7. The van der Waals surface area contributed by atoms with Crippen LogP contribution in [0.15, 0.2) is 47.4 Å². The molecule has 0 atom stereocenters. The highest BCUT2D eigenvalue weighted by molar-refractivity contribution is 7.89. The number of aryl methyl sites for hydroxylation is 1. The van der Waals surface area contributed by atoms with E-state index >= 15 is 0 Å². The van der Waals surface area contributed by atoms with Crippen LogP contribution in [0.4, 0.5) is 5.69 Å². The van der Waals surface area contributed by atoms with Crippen LogP contribution in [-0.2, 0) is 15.4 Å². The van der Waals surface area contributed by atoms with E-state index in [0.717, 1.165) is 24.3 Å². The first kappa shape index (κ1) is 22.9. The minimum Gasteiger partial charge on any atom is -0.372 e. The van der Waals surface area contributed by atoms with Gasteiger partial charge < -0.3 is 4.90 Å². The van der Waals surface area contributed by atoms with Gasteiger partial charge in [0.1, 0.15) is 0 Å². The number of hydrogen-bond donors (Lipinski definition) is 2. The molecule has 0 spiro atoms. The molecular formula is C22H31N3O3S. The highest BCUT2D eigenvalue weighted by atomic mass is 32.2. The van der Waals surface area contributed by atoms with Gasteiger partial charge in [0.15, 0.2) is 0 Å². The number of anilines is 1. The van der Waals surface area contributed by atoms with Gasteiger partial charge >= 0.3 is 0 Å². The number of nitrogens with zero attached hydrogens (tertiary/aromatic N) is 1. The van der Waals surface area contributed by atoms with Crippen LogP contribution in [0.1, 0.15) is 56.1 Å². The molecule has 0 fully saturated rings. The van der Waals surface area contributed by atoms with Crippen LogP contribution in [0.2, 0.25) is 0 Å². The highest BCUT2D eigenvalue weighted by Crippen LogP contribution is 2.26. The summed E-state index contributed by atoms with van der Waals surface area (Å²) < 4.78 is 25.5. The summed E-state index contributed by atoms with van der Waals surface area (Å²) >= 11 is 0. The van der Waals surface area contributed by atoms with Crippen molar-refractivity contribution < 1.29 is 13.2 Å². The third-order valence-electron chi connectivity index (χ3n) is 4.90. The first-order chi connectivity index (χ1) is 13.5. The SMILES string of the molecule is CCN(CC)c1ccc(C(=O)NNS(=O)(=O)c2cc(C(C)(C)C)ccc2C)cc1. The molecule has 2 rings (SSSR count). The van der Waals surface area contributed by atoms with Gasteiger partial charge in [-0.3, -0.25) is 10.2 Å². The summed E-state index contributed by atoms with van der Waals surface area (Å²) in [5, 5.41) is 0. The fourth-order valence-electron chi connectivity index (χ4n) is 3.01. The Hall–Kier alpha value is -2.38. The summed E-state index contributed by atoms with van der Waals surface area (Å²) in [6.07, 6.45) is 0. The van der Waals surface area contributed by atoms with Crippen LogP contribution < -0.4 is 15.2 Å². The number of hydrogen-bond acceptors (Lipinski definition) is 4. The molecule has 0 aliphatic heterocycles. The zero-order chi connectivity index (χ0) is 21.8. The zero-order valence-electron chi connectivity index (χ0n) is 18.0. The molecule has 7 heteroatoms. The average Bonchev–Trinajstić information content (AvgIpc) is 2.67. The Morgan fingerprint density at radius 1 is 1.00 bits per heavy atom. The van der Waals surface area contributed by atoms with E-state index < -0.39 is 15.9 Å². The van der Waals surface area contributed by atoms with Gasteiger partial charge in [-0.1, -0.05) is 32.9 Å². The predicted octanol–water partition coefficient (Wildman–Crippen LogP) is 3.76. The molecule has 0 bridgehead atoms. The molecule has 0 aromatic heterocycles. The number of nitrogens with one attached hydrogen (secondary N) is 2. The average molecular weight is 418 g/mol. The fourth-order valence-corrected chi connectivity index (χ4v) is 4.12. The lowest BCUT2D eigenvalue weighted by Crippen LogP contribution is -2.41. The normalized spacial score (nSPS) is 11.9. The smallest absolute Gasteiger partial charge is 0.266 e. The molecule has 0 saturated heterocycles. The first-order valence-electron chi connectivity index (χ1n) is 9.78. The number of carbonyl (C=O) groups is 1. The molecule has 0 radical (unpaired) electrons. The summed E-state index contributed by atoms with van der Waals surface area (Å²) in [4.78, 5) is 16.9. The largest absolute Gasteiger partial charge is 0.372 e. The predicted molar refractivity (Wildman–Crippen MR) is 118 cm³/mol. The zero-order valence-corrected chi connectivity index (χ0v) is 18.9. The number of sulfonamides is 1. The maximum absolute atomic E-state index is 12.8. The second-order valence-electron chi connectivity index (χ2n) is 8.01. The van der Waals surface area contributed by atoms with Gasteiger partial charge in [0.25, 0.3) is 15.9 Å². The molecule has 6 nitrogen and oxygen atoms in total. The Kier molecular flexibility index (Phi) is 7.08. The molecule has 29 heavy (non-hydrogen) atoms. The third-order valence-corrected chi connectivity index (χ3v) is 6.29. The molecule has 0 unspecified atom stereocenters. The fraction of sp³-hybridized carbons (Fsp3) is 0.409. The van der Waals surface area contributed by atoms with Gasteiger partial charge in [0, 0.05) is 24.3 Å². The van der Waals surface area contributed by atoms with Crippen molar-refractivity contribution in [2.75, 3.05) is 18.0 Å². The molecule has 158 valence electrons. The van der Waals surface area contributed by atoms with E-state index in [1.54, 1.807) is 31.2 Å². The lowest BCUT2D eigenvalue weighted by atomic mass is 9.87. The Morgan fingerprint density at radius 2 is 1.59 bits per heavy atom. The van der Waals surface area contributed by atoms with E-state index in [0.29, 0.717) is 11.1 Å². The van der Waals surface area contributed by atoms with Crippen molar-refractivity contribution in [3.8, 4) is 0 Å². The number of hydrazine groups is 1. The summed E-state index contributed by atoms with van der Waals surface area (Å²) in [6, 6.07) is 12.4. The van der Waals surface area contributed by atoms with E-state index in [1.165, 1.54) is 0 Å². The highest BCUT2D eigenvalue weighted by Gasteiger charge is 2.22. The second kappa shape index (κ2) is 8.97. The summed E-state index contributed by atoms with van der Waals surface area (Å²) in [5.41, 5.74) is 5.04. The number of carbonyl (C=O) groups excluding carboxylic acids is 1. The maximum atomic E-state index is 12.8. The van der Waals surface area contributed by atoms with Crippen LogP contribution in [0.5, 0.6) is 0 Å². The summed E-state index contributed by atoms with van der Waals surface area (Å²) in [5.74, 6) is -0.510. The summed E-state index contributed by atoms with van der Waals surface area (Å²) in [6.45, 7) is 13.7. The lowest BCUT2D eigenvalue weighted by molar-refractivity contribution is 0.0945. The van der Waals surface area contributed by atoms with Crippen LogP contribution in [0.25, 0.3) is 0 Å². The van der Waals surface area contributed by atoms with Crippen molar-refractivity contribution in [1.82, 2.24) is 10.3 Å². The van der Waals surface area contributed by atoms with Crippen molar-refractivity contribution in [3.05, 3.63) is 59.2 Å². The van der Waals surface area contributed by atoms with Crippen LogP contribution in [-0.4, -0.2) is 27.4 Å². The van der Waals surface area contributed by atoms with Crippen molar-refractivity contribution >= 4 is 21.6 Å². The van der Waals surface area contributed by atoms with Crippen molar-refractivity contribution in [1.29, 1.82) is 0 Å². The Bertz CT molecular complexity index is 958. The van der Waals surface area contributed by atoms with Gasteiger partial charge in [-0.2, -0.15) is 0 Å². The molecule has 0 aliphatic carbocycles. The number of benzene rings is 2. The lowest BCUT2D eigenvalue weighted by Gasteiger charge is -2.21. The van der Waals surface area contributed by atoms with E-state index in [9.17, 15) is 13.2 Å². The maximum Gasteiger partial charge on any atom is 0.266 e. The molecular weight excluding hydrogens is 386 g/mol. The Morgan fingerprint density at radius 3 is 2.10 bits per heavy atom. The van der Waals surface area contributed by atoms with Gasteiger partial charge in [0.05, 0.1) is 4.90 Å². The first-order valence-corrected chi connectivity index (χ1v) is 11.3. The molecule has 1 amide bonds. The van der Waals surface area contributed by atoms with E-state index in [4.69, 9.17) is 0 Å². The standard InChI is InChI=1S/C22H31N3O3S/c1-7-25(8-2)19-13-10-17(11-14-19)21(26)23-24-29(27,28)20-15-18(22(4,5)6)12-9-16(20)3/h9-15,24H,7-8H2,1-6H3,(H,23,26). The van der Waals surface area contributed by atoms with Gasteiger partial charge in [0.2, 0.25) is 0 Å². The Balaban J connectivity index is 2.15.